The topological polar surface area (TPSA) is 32.8 Å². The quantitative estimate of drug-likeness (QED) is 0.842. The Bertz CT molecular complexity index is 523. The minimum absolute atomic E-state index is 0.0136. The van der Waals surface area contributed by atoms with E-state index in [1.165, 1.54) is 13.0 Å². The average Bonchev–Trinajstić information content (AvgIpc) is 2.40. The Kier molecular flexibility index (Phi) is 4.29. The van der Waals surface area contributed by atoms with Gasteiger partial charge in [-0.2, -0.15) is 0 Å². The number of hydrogen-bond acceptors (Lipinski definition) is 3. The molecule has 0 radical (unpaired) electrons. The molecular weight excluding hydrogens is 285 g/mol. The zero-order valence-corrected chi connectivity index (χ0v) is 11.9. The highest BCUT2D eigenvalue weighted by atomic mass is 19.4. The van der Waals surface area contributed by atoms with Gasteiger partial charge in [0.15, 0.2) is 0 Å². The van der Waals surface area contributed by atoms with Crippen molar-refractivity contribution in [3.63, 3.8) is 0 Å². The highest BCUT2D eigenvalue weighted by molar-refractivity contribution is 5.73. The second-order valence-electron chi connectivity index (χ2n) is 4.99. The van der Waals surface area contributed by atoms with Gasteiger partial charge in [-0.25, -0.2) is 0 Å². The van der Waals surface area contributed by atoms with Gasteiger partial charge >= 0.3 is 6.36 Å². The zero-order chi connectivity index (χ0) is 15.6. The van der Waals surface area contributed by atoms with Gasteiger partial charge in [-0.3, -0.25) is 4.79 Å². The fourth-order valence-corrected chi connectivity index (χ4v) is 2.30. The molecule has 0 saturated carbocycles. The number of carbonyl (C=O) groups excluding carboxylic acids is 1. The molecule has 116 valence electrons. The number of carbonyl (C=O) groups is 1. The Labute approximate surface area is 121 Å². The van der Waals surface area contributed by atoms with Crippen molar-refractivity contribution < 1.29 is 22.7 Å². The maximum absolute atomic E-state index is 12.4. The molecule has 1 aliphatic heterocycles. The number of amides is 1. The van der Waals surface area contributed by atoms with Gasteiger partial charge in [-0.15, -0.1) is 13.2 Å². The molecule has 0 bridgehead atoms. The fraction of sp³-hybridized carbons (Fsp3) is 0.500. The zero-order valence-electron chi connectivity index (χ0n) is 11.9. The average molecular weight is 302 g/mol. The maximum Gasteiger partial charge on any atom is 0.573 e. The van der Waals surface area contributed by atoms with Crippen LogP contribution < -0.4 is 9.64 Å². The van der Waals surface area contributed by atoms with Crippen LogP contribution in [0.15, 0.2) is 18.2 Å². The first-order valence-electron chi connectivity index (χ1n) is 6.63. The lowest BCUT2D eigenvalue weighted by Crippen LogP contribution is -2.48. The van der Waals surface area contributed by atoms with Crippen LogP contribution in [-0.2, 0) is 4.79 Å². The van der Waals surface area contributed by atoms with Crippen LogP contribution in [0.25, 0.3) is 0 Å². The van der Waals surface area contributed by atoms with E-state index < -0.39 is 6.36 Å². The summed E-state index contributed by atoms with van der Waals surface area (Å²) >= 11 is 0. The Morgan fingerprint density at radius 2 is 1.81 bits per heavy atom. The van der Waals surface area contributed by atoms with E-state index in [-0.39, 0.29) is 11.7 Å². The fourth-order valence-electron chi connectivity index (χ4n) is 2.30. The Morgan fingerprint density at radius 3 is 2.33 bits per heavy atom. The molecule has 7 heteroatoms. The van der Waals surface area contributed by atoms with Crippen molar-refractivity contribution in [2.24, 2.45) is 0 Å². The van der Waals surface area contributed by atoms with Gasteiger partial charge in [0.25, 0.3) is 0 Å². The molecule has 1 aromatic rings. The largest absolute Gasteiger partial charge is 0.573 e. The van der Waals surface area contributed by atoms with Crippen LogP contribution in [-0.4, -0.2) is 43.3 Å². The SMILES string of the molecule is CC(=O)N1CCN(c2ccc(C)c(OC(F)(F)F)c2)CC1. The van der Waals surface area contributed by atoms with Crippen molar-refractivity contribution in [2.75, 3.05) is 31.1 Å². The molecule has 0 N–H and O–H groups in total. The van der Waals surface area contributed by atoms with Gasteiger partial charge in [-0.05, 0) is 18.6 Å². The van der Waals surface area contributed by atoms with E-state index in [2.05, 4.69) is 4.74 Å². The van der Waals surface area contributed by atoms with E-state index in [9.17, 15) is 18.0 Å². The third-order valence-electron chi connectivity index (χ3n) is 3.49. The normalized spacial score (nSPS) is 16.0. The van der Waals surface area contributed by atoms with Gasteiger partial charge in [0.2, 0.25) is 5.91 Å². The number of hydrogen-bond donors (Lipinski definition) is 0. The molecular formula is C14H17F3N2O2. The predicted molar refractivity (Wildman–Crippen MR) is 72.3 cm³/mol. The number of benzene rings is 1. The number of halogens is 3. The third kappa shape index (κ3) is 4.03. The molecule has 1 saturated heterocycles. The summed E-state index contributed by atoms with van der Waals surface area (Å²) in [4.78, 5) is 14.9. The number of aryl methyl sites for hydroxylation is 1. The van der Waals surface area contributed by atoms with Crippen LogP contribution >= 0.6 is 0 Å². The van der Waals surface area contributed by atoms with Crippen molar-refractivity contribution in [1.82, 2.24) is 4.90 Å². The van der Waals surface area contributed by atoms with Crippen molar-refractivity contribution in [2.45, 2.75) is 20.2 Å². The third-order valence-corrected chi connectivity index (χ3v) is 3.49. The second-order valence-corrected chi connectivity index (χ2v) is 4.99. The molecule has 0 atom stereocenters. The van der Waals surface area contributed by atoms with Gasteiger partial charge in [0, 0.05) is 44.9 Å². The smallest absolute Gasteiger partial charge is 0.405 e. The second kappa shape index (κ2) is 5.83. The minimum atomic E-state index is -4.70. The van der Waals surface area contributed by atoms with Crippen molar-refractivity contribution >= 4 is 11.6 Å². The summed E-state index contributed by atoms with van der Waals surface area (Å²) in [6.07, 6.45) is -4.70. The number of anilines is 1. The van der Waals surface area contributed by atoms with Gasteiger partial charge in [-0.1, -0.05) is 6.07 Å². The Balaban J connectivity index is 2.11. The molecule has 4 nitrogen and oxygen atoms in total. The van der Waals surface area contributed by atoms with Crippen molar-refractivity contribution in [3.8, 4) is 5.75 Å². The van der Waals surface area contributed by atoms with Crippen LogP contribution in [0.5, 0.6) is 5.75 Å². The molecule has 21 heavy (non-hydrogen) atoms. The molecule has 0 unspecified atom stereocenters. The lowest BCUT2D eigenvalue weighted by molar-refractivity contribution is -0.274. The maximum atomic E-state index is 12.4. The van der Waals surface area contributed by atoms with Crippen LogP contribution in [0.2, 0.25) is 0 Å². The molecule has 2 rings (SSSR count). The van der Waals surface area contributed by atoms with Crippen LogP contribution in [0, 0.1) is 6.92 Å². The summed E-state index contributed by atoms with van der Waals surface area (Å²) in [6.45, 7) is 5.40. The van der Waals surface area contributed by atoms with Crippen molar-refractivity contribution in [3.05, 3.63) is 23.8 Å². The summed E-state index contributed by atoms with van der Waals surface area (Å²) in [7, 11) is 0. The Hall–Kier alpha value is -1.92. The van der Waals surface area contributed by atoms with Crippen LogP contribution in [0.4, 0.5) is 18.9 Å². The monoisotopic (exact) mass is 302 g/mol. The summed E-state index contributed by atoms with van der Waals surface area (Å²) in [6, 6.07) is 4.77. The van der Waals surface area contributed by atoms with E-state index in [4.69, 9.17) is 0 Å². The molecule has 0 aromatic heterocycles. The summed E-state index contributed by atoms with van der Waals surface area (Å²) in [5, 5.41) is 0. The van der Waals surface area contributed by atoms with E-state index >= 15 is 0 Å². The number of piperazine rings is 1. The number of alkyl halides is 3. The Morgan fingerprint density at radius 1 is 1.19 bits per heavy atom. The van der Waals surface area contributed by atoms with E-state index in [1.807, 2.05) is 4.90 Å². The van der Waals surface area contributed by atoms with Gasteiger partial charge in [0.1, 0.15) is 5.75 Å². The van der Waals surface area contributed by atoms with E-state index in [1.54, 1.807) is 24.0 Å². The van der Waals surface area contributed by atoms with Gasteiger partial charge in [0.05, 0.1) is 0 Å². The highest BCUT2D eigenvalue weighted by Crippen LogP contribution is 2.30. The molecule has 1 aliphatic rings. The molecule has 1 heterocycles. The minimum Gasteiger partial charge on any atom is -0.405 e. The van der Waals surface area contributed by atoms with Crippen LogP contribution in [0.1, 0.15) is 12.5 Å². The lowest BCUT2D eigenvalue weighted by Gasteiger charge is -2.35. The number of ether oxygens (including phenoxy) is 1. The summed E-state index contributed by atoms with van der Waals surface area (Å²) < 4.78 is 41.1. The first kappa shape index (κ1) is 15.5. The molecule has 1 fully saturated rings. The molecule has 1 aromatic carbocycles. The summed E-state index contributed by atoms with van der Waals surface area (Å²) in [5.41, 5.74) is 1.10. The number of nitrogens with zero attached hydrogens (tertiary/aromatic N) is 2. The van der Waals surface area contributed by atoms with E-state index in [0.717, 1.165) is 0 Å². The van der Waals surface area contributed by atoms with Gasteiger partial charge < -0.3 is 14.5 Å². The molecule has 0 spiro atoms. The summed E-state index contributed by atoms with van der Waals surface area (Å²) in [5.74, 6) is -0.173. The van der Waals surface area contributed by atoms with Crippen LogP contribution in [0.3, 0.4) is 0 Å². The van der Waals surface area contributed by atoms with E-state index in [0.29, 0.717) is 37.4 Å². The predicted octanol–water partition coefficient (Wildman–Crippen LogP) is 2.56. The van der Waals surface area contributed by atoms with Crippen molar-refractivity contribution in [1.29, 1.82) is 0 Å². The lowest BCUT2D eigenvalue weighted by atomic mass is 10.1. The first-order valence-corrected chi connectivity index (χ1v) is 6.63. The molecule has 1 amide bonds. The first-order chi connectivity index (χ1) is 9.76. The standard InChI is InChI=1S/C14H17F3N2O2/c1-10-3-4-12(9-13(10)21-14(15,16)17)19-7-5-18(6-8-19)11(2)20/h3-4,9H,5-8H2,1-2H3. The highest BCUT2D eigenvalue weighted by Gasteiger charge is 2.32. The molecule has 0 aliphatic carbocycles. The number of rotatable bonds is 2.